The number of benzene rings is 2. The van der Waals surface area contributed by atoms with Gasteiger partial charge in [-0.1, -0.05) is 41.4 Å². The Kier molecular flexibility index (Phi) is 5.65. The van der Waals surface area contributed by atoms with E-state index in [9.17, 15) is 9.18 Å². The Labute approximate surface area is 159 Å². The Hall–Kier alpha value is -2.70. The van der Waals surface area contributed by atoms with Gasteiger partial charge in [0.2, 0.25) is 5.95 Å². The van der Waals surface area contributed by atoms with Crippen LogP contribution < -0.4 is 10.6 Å². The smallest absolute Gasteiger partial charge is 0.254 e. The first-order valence-corrected chi connectivity index (χ1v) is 8.34. The maximum atomic E-state index is 12.9. The predicted molar refractivity (Wildman–Crippen MR) is 99.3 cm³/mol. The van der Waals surface area contributed by atoms with Gasteiger partial charge in [0.05, 0.1) is 21.3 Å². The molecule has 1 amide bonds. The maximum absolute atomic E-state index is 12.9. The van der Waals surface area contributed by atoms with Crippen molar-refractivity contribution in [2.24, 2.45) is 0 Å². The third kappa shape index (κ3) is 4.47. The molecular weight excluding hydrogens is 378 g/mol. The number of rotatable bonds is 5. The molecule has 0 aliphatic carbocycles. The summed E-state index contributed by atoms with van der Waals surface area (Å²) < 4.78 is 12.9. The van der Waals surface area contributed by atoms with Gasteiger partial charge in [-0.2, -0.15) is 0 Å². The van der Waals surface area contributed by atoms with Crippen LogP contribution in [0.25, 0.3) is 0 Å². The van der Waals surface area contributed by atoms with E-state index in [1.165, 1.54) is 24.5 Å². The van der Waals surface area contributed by atoms with Crippen molar-refractivity contribution in [2.75, 3.05) is 5.32 Å². The first-order chi connectivity index (χ1) is 12.5. The largest absolute Gasteiger partial charge is 0.348 e. The number of aromatic nitrogens is 2. The minimum atomic E-state index is -0.332. The molecule has 8 heteroatoms. The lowest BCUT2D eigenvalue weighted by Gasteiger charge is -2.08. The van der Waals surface area contributed by atoms with Crippen LogP contribution in [0.2, 0.25) is 10.0 Å². The number of amides is 1. The summed E-state index contributed by atoms with van der Waals surface area (Å²) in [4.78, 5) is 20.3. The van der Waals surface area contributed by atoms with Gasteiger partial charge in [0.25, 0.3) is 5.91 Å². The van der Waals surface area contributed by atoms with Gasteiger partial charge in [-0.15, -0.1) is 0 Å². The topological polar surface area (TPSA) is 66.9 Å². The van der Waals surface area contributed by atoms with Gasteiger partial charge in [-0.25, -0.2) is 14.4 Å². The van der Waals surface area contributed by atoms with Gasteiger partial charge in [-0.3, -0.25) is 4.79 Å². The van der Waals surface area contributed by atoms with Crippen LogP contribution in [-0.4, -0.2) is 15.9 Å². The first-order valence-electron chi connectivity index (χ1n) is 7.58. The van der Waals surface area contributed by atoms with Gasteiger partial charge in [0.15, 0.2) is 0 Å². The van der Waals surface area contributed by atoms with Crippen LogP contribution in [-0.2, 0) is 6.54 Å². The highest BCUT2D eigenvalue weighted by atomic mass is 35.5. The van der Waals surface area contributed by atoms with E-state index in [4.69, 9.17) is 23.2 Å². The Balaban J connectivity index is 1.62. The number of halogens is 3. The SMILES string of the molecule is O=C(NCc1ccc(F)cc1)c1cnc(Nc2cccc(Cl)c2Cl)nc1. The molecule has 2 aromatic carbocycles. The lowest BCUT2D eigenvalue weighted by Crippen LogP contribution is -2.23. The summed E-state index contributed by atoms with van der Waals surface area (Å²) in [5.74, 6) is -0.373. The van der Waals surface area contributed by atoms with Gasteiger partial charge in [0.1, 0.15) is 5.82 Å². The molecule has 1 heterocycles. The molecule has 0 fully saturated rings. The van der Waals surface area contributed by atoms with Crippen molar-refractivity contribution in [3.63, 3.8) is 0 Å². The van der Waals surface area contributed by atoms with Gasteiger partial charge in [-0.05, 0) is 29.8 Å². The average molecular weight is 391 g/mol. The standard InChI is InChI=1S/C18H13Cl2FN4O/c19-14-2-1-3-15(16(14)20)25-18-23-9-12(10-24-18)17(26)22-8-11-4-6-13(21)7-5-11/h1-7,9-10H,8H2,(H,22,26)(H,23,24,25). The number of hydrogen-bond acceptors (Lipinski definition) is 4. The van der Waals surface area contributed by atoms with E-state index < -0.39 is 0 Å². The molecular formula is C18H13Cl2FN4O. The van der Waals surface area contributed by atoms with Crippen molar-refractivity contribution in [3.8, 4) is 0 Å². The zero-order chi connectivity index (χ0) is 18.5. The summed E-state index contributed by atoms with van der Waals surface area (Å²) in [5, 5.41) is 6.43. The van der Waals surface area contributed by atoms with Crippen molar-refractivity contribution in [3.05, 3.63) is 81.8 Å². The van der Waals surface area contributed by atoms with Crippen LogP contribution in [0.5, 0.6) is 0 Å². The molecule has 1 aromatic heterocycles. The summed E-state index contributed by atoms with van der Waals surface area (Å²) in [6.45, 7) is 0.275. The van der Waals surface area contributed by atoms with Crippen molar-refractivity contribution in [1.29, 1.82) is 0 Å². The molecule has 0 unspecified atom stereocenters. The lowest BCUT2D eigenvalue weighted by atomic mass is 10.2. The van der Waals surface area contributed by atoms with Gasteiger partial charge >= 0.3 is 0 Å². The predicted octanol–water partition coefficient (Wildman–Crippen LogP) is 4.60. The molecule has 0 spiro atoms. The minimum Gasteiger partial charge on any atom is -0.348 e. The quantitative estimate of drug-likeness (QED) is 0.668. The van der Waals surface area contributed by atoms with E-state index in [1.807, 2.05) is 0 Å². The molecule has 0 aliphatic rings. The van der Waals surface area contributed by atoms with Crippen LogP contribution in [0.3, 0.4) is 0 Å². The second-order valence-electron chi connectivity index (χ2n) is 5.33. The van der Waals surface area contributed by atoms with Gasteiger partial charge < -0.3 is 10.6 Å². The summed E-state index contributed by atoms with van der Waals surface area (Å²) in [7, 11) is 0. The second-order valence-corrected chi connectivity index (χ2v) is 6.12. The molecule has 2 N–H and O–H groups in total. The van der Waals surface area contributed by atoms with E-state index in [0.29, 0.717) is 21.3 Å². The number of nitrogens with zero attached hydrogens (tertiary/aromatic N) is 2. The summed E-state index contributed by atoms with van der Waals surface area (Å²) in [6, 6.07) is 11.0. The van der Waals surface area contributed by atoms with E-state index in [1.54, 1.807) is 30.3 Å². The second kappa shape index (κ2) is 8.12. The summed E-state index contributed by atoms with van der Waals surface area (Å²) >= 11 is 12.1. The molecule has 0 radical (unpaired) electrons. The number of anilines is 2. The highest BCUT2D eigenvalue weighted by Gasteiger charge is 2.09. The first kappa shape index (κ1) is 18.1. The van der Waals surface area contributed by atoms with E-state index >= 15 is 0 Å². The van der Waals surface area contributed by atoms with Crippen LogP contribution in [0.15, 0.2) is 54.9 Å². The molecule has 0 bridgehead atoms. The molecule has 0 saturated carbocycles. The molecule has 0 atom stereocenters. The zero-order valence-corrected chi connectivity index (χ0v) is 14.9. The van der Waals surface area contributed by atoms with E-state index in [-0.39, 0.29) is 24.2 Å². The number of carbonyl (C=O) groups is 1. The van der Waals surface area contributed by atoms with Crippen LogP contribution in [0.1, 0.15) is 15.9 Å². The lowest BCUT2D eigenvalue weighted by molar-refractivity contribution is 0.0950. The summed E-state index contributed by atoms with van der Waals surface area (Å²) in [5.41, 5.74) is 1.65. The molecule has 5 nitrogen and oxygen atoms in total. The fourth-order valence-corrected chi connectivity index (χ4v) is 2.47. The third-order valence-corrected chi connectivity index (χ3v) is 4.30. The highest BCUT2D eigenvalue weighted by Crippen LogP contribution is 2.30. The summed E-state index contributed by atoms with van der Waals surface area (Å²) in [6.07, 6.45) is 2.79. The Bertz CT molecular complexity index is 917. The fraction of sp³-hybridized carbons (Fsp3) is 0.0556. The molecule has 3 rings (SSSR count). The number of carbonyl (C=O) groups excluding carboxylic acids is 1. The van der Waals surface area contributed by atoms with Crippen molar-refractivity contribution < 1.29 is 9.18 Å². The zero-order valence-electron chi connectivity index (χ0n) is 13.3. The average Bonchev–Trinajstić information content (AvgIpc) is 2.65. The van der Waals surface area contributed by atoms with Crippen molar-refractivity contribution >= 4 is 40.7 Å². The fourth-order valence-electron chi connectivity index (χ4n) is 2.12. The molecule has 0 aliphatic heterocycles. The number of nitrogens with one attached hydrogen (secondary N) is 2. The normalized spacial score (nSPS) is 10.4. The molecule has 132 valence electrons. The monoisotopic (exact) mass is 390 g/mol. The Morgan fingerprint density at radius 2 is 1.73 bits per heavy atom. The Morgan fingerprint density at radius 3 is 2.42 bits per heavy atom. The Morgan fingerprint density at radius 1 is 1.04 bits per heavy atom. The van der Waals surface area contributed by atoms with Crippen molar-refractivity contribution in [2.45, 2.75) is 6.54 Å². The van der Waals surface area contributed by atoms with Crippen LogP contribution in [0.4, 0.5) is 16.0 Å². The number of hydrogen-bond donors (Lipinski definition) is 2. The third-order valence-electron chi connectivity index (χ3n) is 3.48. The van der Waals surface area contributed by atoms with Crippen LogP contribution in [0, 0.1) is 5.82 Å². The highest BCUT2D eigenvalue weighted by molar-refractivity contribution is 6.43. The molecule has 3 aromatic rings. The van der Waals surface area contributed by atoms with Crippen molar-refractivity contribution in [1.82, 2.24) is 15.3 Å². The van der Waals surface area contributed by atoms with E-state index in [2.05, 4.69) is 20.6 Å². The van der Waals surface area contributed by atoms with Gasteiger partial charge in [0, 0.05) is 18.9 Å². The van der Waals surface area contributed by atoms with E-state index in [0.717, 1.165) is 5.56 Å². The maximum Gasteiger partial charge on any atom is 0.254 e. The molecule has 26 heavy (non-hydrogen) atoms. The van der Waals surface area contributed by atoms with Crippen LogP contribution >= 0.6 is 23.2 Å². The minimum absolute atomic E-state index is 0.275. The molecule has 0 saturated heterocycles.